The summed E-state index contributed by atoms with van der Waals surface area (Å²) in [4.78, 5) is 22.8. The van der Waals surface area contributed by atoms with Crippen molar-refractivity contribution < 1.29 is 4.79 Å². The fraction of sp³-hybridized carbons (Fsp3) is 0.250. The van der Waals surface area contributed by atoms with Crippen molar-refractivity contribution in [1.82, 2.24) is 9.97 Å². The van der Waals surface area contributed by atoms with Crippen molar-refractivity contribution in [1.29, 1.82) is 0 Å². The van der Waals surface area contributed by atoms with Crippen LogP contribution in [0.4, 0.5) is 5.69 Å². The summed E-state index contributed by atoms with van der Waals surface area (Å²) in [6.45, 7) is 1.65. The summed E-state index contributed by atoms with van der Waals surface area (Å²) in [6, 6.07) is 0. The minimum absolute atomic E-state index is 0.330. The molecule has 0 radical (unpaired) electrons. The number of carbonyl (C=O) groups excluding carboxylic acids is 1. The maximum atomic E-state index is 11.3. The molecule has 1 aliphatic rings. The molecule has 0 aromatic carbocycles. The minimum atomic E-state index is -0.330. The first kappa shape index (κ1) is 11.2. The first-order chi connectivity index (χ1) is 8.75. The molecule has 0 atom stereocenters. The molecule has 5 nitrogen and oxygen atoms in total. The van der Waals surface area contributed by atoms with E-state index in [1.54, 1.807) is 23.7 Å². The van der Waals surface area contributed by atoms with Crippen LogP contribution in [0.5, 0.6) is 0 Å². The number of aromatic nitrogens is 2. The van der Waals surface area contributed by atoms with E-state index >= 15 is 0 Å². The van der Waals surface area contributed by atoms with E-state index in [4.69, 9.17) is 5.73 Å². The number of rotatable bonds is 2. The molecule has 2 N–H and O–H groups in total. The number of thiophene rings is 1. The summed E-state index contributed by atoms with van der Waals surface area (Å²) in [5.41, 5.74) is 8.16. The van der Waals surface area contributed by atoms with Gasteiger partial charge in [-0.25, -0.2) is 9.97 Å². The molecule has 92 valence electrons. The van der Waals surface area contributed by atoms with Crippen molar-refractivity contribution >= 4 is 22.9 Å². The Hall–Kier alpha value is -1.95. The quantitative estimate of drug-likeness (QED) is 0.880. The average Bonchev–Trinajstić information content (AvgIpc) is 2.82. The number of carbonyl (C=O) groups is 1. The predicted octanol–water partition coefficient (Wildman–Crippen LogP) is 1.20. The molecule has 0 aliphatic carbocycles. The molecule has 0 saturated heterocycles. The van der Waals surface area contributed by atoms with Crippen LogP contribution in [0.25, 0.3) is 0 Å². The van der Waals surface area contributed by atoms with Gasteiger partial charge in [-0.3, -0.25) is 4.79 Å². The highest BCUT2D eigenvalue weighted by molar-refractivity contribution is 7.10. The summed E-state index contributed by atoms with van der Waals surface area (Å²) in [5.74, 6) is -0.330. The SMILES string of the molecule is NC(=O)c1csc2c1CCN(c1cncnc1)C2. The van der Waals surface area contributed by atoms with Crippen LogP contribution in [0.2, 0.25) is 0 Å². The van der Waals surface area contributed by atoms with E-state index in [1.165, 1.54) is 11.2 Å². The lowest BCUT2D eigenvalue weighted by atomic mass is 10.0. The fourth-order valence-corrected chi connectivity index (χ4v) is 3.31. The van der Waals surface area contributed by atoms with Crippen LogP contribution in [0, 0.1) is 0 Å². The lowest BCUT2D eigenvalue weighted by Gasteiger charge is -2.28. The maximum Gasteiger partial charge on any atom is 0.249 e. The molecular weight excluding hydrogens is 248 g/mol. The Bertz CT molecular complexity index is 581. The highest BCUT2D eigenvalue weighted by atomic mass is 32.1. The van der Waals surface area contributed by atoms with Gasteiger partial charge in [-0.2, -0.15) is 0 Å². The van der Waals surface area contributed by atoms with Crippen LogP contribution in [-0.4, -0.2) is 22.4 Å². The second kappa shape index (κ2) is 4.38. The predicted molar refractivity (Wildman–Crippen MR) is 69.6 cm³/mol. The highest BCUT2D eigenvalue weighted by Gasteiger charge is 2.23. The third kappa shape index (κ3) is 1.84. The number of nitrogens with zero attached hydrogens (tertiary/aromatic N) is 3. The number of primary amides is 1. The molecule has 0 unspecified atom stereocenters. The zero-order chi connectivity index (χ0) is 12.5. The molecule has 3 rings (SSSR count). The van der Waals surface area contributed by atoms with E-state index < -0.39 is 0 Å². The van der Waals surface area contributed by atoms with Crippen LogP contribution in [0.1, 0.15) is 20.8 Å². The zero-order valence-electron chi connectivity index (χ0n) is 9.67. The minimum Gasteiger partial charge on any atom is -0.366 e. The van der Waals surface area contributed by atoms with Crippen molar-refractivity contribution in [2.75, 3.05) is 11.4 Å². The van der Waals surface area contributed by atoms with E-state index in [0.717, 1.165) is 30.8 Å². The molecule has 2 aromatic rings. The Morgan fingerprint density at radius 3 is 2.89 bits per heavy atom. The molecule has 0 saturated carbocycles. The van der Waals surface area contributed by atoms with Gasteiger partial charge in [0.25, 0.3) is 0 Å². The van der Waals surface area contributed by atoms with Crippen LogP contribution >= 0.6 is 11.3 Å². The van der Waals surface area contributed by atoms with Gasteiger partial charge in [0.2, 0.25) is 5.91 Å². The van der Waals surface area contributed by atoms with Crippen molar-refractivity contribution in [3.05, 3.63) is 40.1 Å². The molecule has 3 heterocycles. The molecule has 18 heavy (non-hydrogen) atoms. The molecule has 0 bridgehead atoms. The number of nitrogens with two attached hydrogens (primary N) is 1. The lowest BCUT2D eigenvalue weighted by Crippen LogP contribution is -2.30. The summed E-state index contributed by atoms with van der Waals surface area (Å²) in [6.07, 6.45) is 5.97. The van der Waals surface area contributed by atoms with Gasteiger partial charge < -0.3 is 10.6 Å². The summed E-state index contributed by atoms with van der Waals surface area (Å²) < 4.78 is 0. The Kier molecular flexibility index (Phi) is 2.71. The van der Waals surface area contributed by atoms with Crippen molar-refractivity contribution in [3.63, 3.8) is 0 Å². The van der Waals surface area contributed by atoms with Crippen LogP contribution in [0.3, 0.4) is 0 Å². The number of fused-ring (bicyclic) bond motifs is 1. The van der Waals surface area contributed by atoms with E-state index in [2.05, 4.69) is 14.9 Å². The molecule has 0 fully saturated rings. The van der Waals surface area contributed by atoms with Gasteiger partial charge in [-0.1, -0.05) is 0 Å². The number of anilines is 1. The zero-order valence-corrected chi connectivity index (χ0v) is 10.5. The molecule has 6 heteroatoms. The smallest absolute Gasteiger partial charge is 0.249 e. The van der Waals surface area contributed by atoms with Gasteiger partial charge in [0.05, 0.1) is 30.2 Å². The van der Waals surface area contributed by atoms with Gasteiger partial charge >= 0.3 is 0 Å². The third-order valence-corrected chi connectivity index (χ3v) is 4.14. The number of hydrogen-bond donors (Lipinski definition) is 1. The first-order valence-corrected chi connectivity index (χ1v) is 6.52. The largest absolute Gasteiger partial charge is 0.366 e. The Balaban J connectivity index is 1.89. The molecule has 1 aliphatic heterocycles. The lowest BCUT2D eigenvalue weighted by molar-refractivity contribution is 0.0999. The Morgan fingerprint density at radius 1 is 1.39 bits per heavy atom. The summed E-state index contributed by atoms with van der Waals surface area (Å²) in [5, 5.41) is 1.86. The van der Waals surface area contributed by atoms with Gasteiger partial charge in [-0.15, -0.1) is 11.3 Å². The normalized spacial score (nSPS) is 14.3. The van der Waals surface area contributed by atoms with Gasteiger partial charge in [-0.05, 0) is 12.0 Å². The molecule has 0 spiro atoms. The summed E-state index contributed by atoms with van der Waals surface area (Å²) in [7, 11) is 0. The van der Waals surface area contributed by atoms with Crippen LogP contribution < -0.4 is 10.6 Å². The maximum absolute atomic E-state index is 11.3. The van der Waals surface area contributed by atoms with E-state index in [-0.39, 0.29) is 5.91 Å². The van der Waals surface area contributed by atoms with Crippen LogP contribution in [-0.2, 0) is 13.0 Å². The second-order valence-corrected chi connectivity index (χ2v) is 5.15. The topological polar surface area (TPSA) is 72.1 Å². The van der Waals surface area contributed by atoms with E-state index in [1.807, 2.05) is 5.38 Å². The monoisotopic (exact) mass is 260 g/mol. The second-order valence-electron chi connectivity index (χ2n) is 4.18. The van der Waals surface area contributed by atoms with Crippen molar-refractivity contribution in [2.45, 2.75) is 13.0 Å². The van der Waals surface area contributed by atoms with Crippen molar-refractivity contribution in [3.8, 4) is 0 Å². The van der Waals surface area contributed by atoms with Crippen LogP contribution in [0.15, 0.2) is 24.1 Å². The average molecular weight is 260 g/mol. The molecule has 1 amide bonds. The van der Waals surface area contributed by atoms with Gasteiger partial charge in [0, 0.05) is 16.8 Å². The van der Waals surface area contributed by atoms with Gasteiger partial charge in [0.1, 0.15) is 6.33 Å². The Labute approximate surface area is 108 Å². The summed E-state index contributed by atoms with van der Waals surface area (Å²) >= 11 is 1.60. The highest BCUT2D eigenvalue weighted by Crippen LogP contribution is 2.30. The van der Waals surface area contributed by atoms with Gasteiger partial charge in [0.15, 0.2) is 0 Å². The molecule has 2 aromatic heterocycles. The van der Waals surface area contributed by atoms with E-state index in [9.17, 15) is 4.79 Å². The first-order valence-electron chi connectivity index (χ1n) is 5.64. The van der Waals surface area contributed by atoms with Crippen molar-refractivity contribution in [2.24, 2.45) is 5.73 Å². The number of hydrogen-bond acceptors (Lipinski definition) is 5. The fourth-order valence-electron chi connectivity index (χ4n) is 2.21. The Morgan fingerprint density at radius 2 is 2.17 bits per heavy atom. The molecular formula is C12H12N4OS. The standard InChI is InChI=1S/C12H12N4OS/c13-12(17)10-6-18-11-5-16(2-1-9(10)11)8-3-14-7-15-4-8/h3-4,6-7H,1-2,5H2,(H2,13,17). The van der Waals surface area contributed by atoms with E-state index in [0.29, 0.717) is 5.56 Å². The number of amides is 1. The third-order valence-electron chi connectivity index (χ3n) is 3.12.